The summed E-state index contributed by atoms with van der Waals surface area (Å²) in [6, 6.07) is 7.15. The predicted molar refractivity (Wildman–Crippen MR) is 96.5 cm³/mol. The quantitative estimate of drug-likeness (QED) is 0.795. The monoisotopic (exact) mass is 381 g/mol. The molecule has 3 rings (SSSR count). The molecular weight excluding hydrogens is 362 g/mol. The minimum absolute atomic E-state index is 0.00400. The molecule has 0 N–H and O–H groups in total. The molecule has 0 spiro atoms. The van der Waals surface area contributed by atoms with Gasteiger partial charge in [0, 0.05) is 23.9 Å². The summed E-state index contributed by atoms with van der Waals surface area (Å²) in [7, 11) is -1.37. The van der Waals surface area contributed by atoms with Crippen LogP contribution in [0.25, 0.3) is 11.5 Å². The Hall–Kier alpha value is -1.73. The van der Waals surface area contributed by atoms with Crippen LogP contribution in [0.3, 0.4) is 0 Å². The number of hydrogen-bond donors (Lipinski definition) is 0. The molecule has 1 aromatic carbocycles. The van der Waals surface area contributed by atoms with Crippen molar-refractivity contribution in [2.45, 2.75) is 31.4 Å². The molecule has 134 valence electrons. The van der Waals surface area contributed by atoms with Crippen LogP contribution in [0.5, 0.6) is 0 Å². The average Bonchev–Trinajstić information content (AvgIpc) is 2.87. The first kappa shape index (κ1) is 18.1. The molecule has 1 fully saturated rings. The van der Waals surface area contributed by atoms with E-state index in [2.05, 4.69) is 10.1 Å². The number of nitrogens with zero attached hydrogens (tertiary/aromatic N) is 3. The zero-order valence-corrected chi connectivity index (χ0v) is 15.4. The zero-order chi connectivity index (χ0) is 17.6. The Bertz CT molecular complexity index is 757. The minimum Gasteiger partial charge on any atom is -0.342 e. The van der Waals surface area contributed by atoms with Crippen LogP contribution in [0.4, 0.5) is 0 Å². The molecule has 0 aliphatic carbocycles. The van der Waals surface area contributed by atoms with Crippen LogP contribution in [0.1, 0.15) is 31.5 Å². The van der Waals surface area contributed by atoms with Gasteiger partial charge in [-0.05, 0) is 25.0 Å². The molecule has 1 atom stereocenters. The molecule has 0 bridgehead atoms. The van der Waals surface area contributed by atoms with E-state index in [0.29, 0.717) is 16.4 Å². The number of carbonyl (C=O) groups excluding carboxylic acids is 1. The van der Waals surface area contributed by atoms with Crippen molar-refractivity contribution in [3.05, 3.63) is 35.1 Å². The van der Waals surface area contributed by atoms with Crippen LogP contribution in [0.2, 0.25) is 5.02 Å². The fraction of sp³-hybridized carbons (Fsp3) is 0.471. The Labute approximate surface area is 154 Å². The number of benzene rings is 1. The van der Waals surface area contributed by atoms with E-state index < -0.39 is 10.8 Å². The van der Waals surface area contributed by atoms with Crippen LogP contribution < -0.4 is 0 Å². The molecule has 1 unspecified atom stereocenters. The highest BCUT2D eigenvalue weighted by Gasteiger charge is 2.20. The smallest absolute Gasteiger partial charge is 0.259 e. The molecule has 0 saturated carbocycles. The van der Waals surface area contributed by atoms with Crippen LogP contribution in [0.15, 0.2) is 28.8 Å². The Morgan fingerprint density at radius 2 is 1.92 bits per heavy atom. The number of carbonyl (C=O) groups is 1. The number of rotatable bonds is 5. The van der Waals surface area contributed by atoms with Gasteiger partial charge in [-0.2, -0.15) is 4.98 Å². The first-order chi connectivity index (χ1) is 12.1. The average molecular weight is 382 g/mol. The number of halogens is 1. The normalized spacial score (nSPS) is 16.4. The zero-order valence-electron chi connectivity index (χ0n) is 13.8. The van der Waals surface area contributed by atoms with Crippen LogP contribution >= 0.6 is 11.6 Å². The maximum atomic E-state index is 12.3. The summed E-state index contributed by atoms with van der Waals surface area (Å²) in [6.45, 7) is 1.52. The standard InChI is InChI=1S/C17H20ClN3O3S/c18-14-8-4-3-7-13(14)17-19-15(20-24-17)11-25(23)12-16(22)21-9-5-1-2-6-10-21/h3-4,7-8H,1-2,5-6,9-12H2. The second kappa shape index (κ2) is 8.58. The first-order valence-electron chi connectivity index (χ1n) is 8.34. The topological polar surface area (TPSA) is 76.3 Å². The van der Waals surface area contributed by atoms with Gasteiger partial charge in [-0.15, -0.1) is 0 Å². The molecule has 1 aliphatic heterocycles. The largest absolute Gasteiger partial charge is 0.342 e. The van der Waals surface area contributed by atoms with Gasteiger partial charge < -0.3 is 9.42 Å². The minimum atomic E-state index is -1.37. The van der Waals surface area contributed by atoms with Gasteiger partial charge in [0.2, 0.25) is 5.91 Å². The van der Waals surface area contributed by atoms with Crippen molar-refractivity contribution in [1.82, 2.24) is 15.0 Å². The predicted octanol–water partition coefficient (Wildman–Crippen LogP) is 3.04. The van der Waals surface area contributed by atoms with Crippen molar-refractivity contribution >= 4 is 28.3 Å². The second-order valence-corrected chi connectivity index (χ2v) is 7.88. The summed E-state index contributed by atoms with van der Waals surface area (Å²) >= 11 is 6.10. The third-order valence-electron chi connectivity index (χ3n) is 4.11. The van der Waals surface area contributed by atoms with E-state index in [1.165, 1.54) is 0 Å². The second-order valence-electron chi connectivity index (χ2n) is 6.02. The third kappa shape index (κ3) is 4.89. The maximum Gasteiger partial charge on any atom is 0.259 e. The number of hydrogen-bond acceptors (Lipinski definition) is 5. The number of aromatic nitrogens is 2. The molecular formula is C17H20ClN3O3S. The van der Waals surface area contributed by atoms with Gasteiger partial charge in [-0.1, -0.05) is 41.7 Å². The molecule has 2 aromatic rings. The van der Waals surface area contributed by atoms with Crippen molar-refractivity contribution in [2.75, 3.05) is 18.8 Å². The van der Waals surface area contributed by atoms with Crippen molar-refractivity contribution in [3.8, 4) is 11.5 Å². The Morgan fingerprint density at radius 3 is 2.64 bits per heavy atom. The Kier molecular flexibility index (Phi) is 6.20. The molecule has 8 heteroatoms. The lowest BCUT2D eigenvalue weighted by atomic mass is 10.2. The summed E-state index contributed by atoms with van der Waals surface area (Å²) in [5, 5.41) is 4.36. The van der Waals surface area contributed by atoms with Crippen molar-refractivity contribution in [3.63, 3.8) is 0 Å². The van der Waals surface area contributed by atoms with Gasteiger partial charge >= 0.3 is 0 Å². The highest BCUT2D eigenvalue weighted by molar-refractivity contribution is 7.84. The number of likely N-dealkylation sites (tertiary alicyclic amines) is 1. The lowest BCUT2D eigenvalue weighted by molar-refractivity contribution is -0.128. The van der Waals surface area contributed by atoms with Gasteiger partial charge in [-0.3, -0.25) is 9.00 Å². The van der Waals surface area contributed by atoms with E-state index in [1.807, 2.05) is 17.0 Å². The highest BCUT2D eigenvalue weighted by Crippen LogP contribution is 2.25. The third-order valence-corrected chi connectivity index (χ3v) is 5.58. The Balaban J connectivity index is 1.58. The van der Waals surface area contributed by atoms with Crippen LogP contribution in [-0.4, -0.2) is 44.0 Å². The summed E-state index contributed by atoms with van der Waals surface area (Å²) in [4.78, 5) is 18.3. The van der Waals surface area contributed by atoms with Crippen molar-refractivity contribution in [2.24, 2.45) is 0 Å². The molecule has 1 aliphatic rings. The fourth-order valence-corrected chi connectivity index (χ4v) is 3.98. The SMILES string of the molecule is O=C(CS(=O)Cc1noc(-c2ccccc2Cl)n1)N1CCCCCC1. The van der Waals surface area contributed by atoms with E-state index in [0.717, 1.165) is 38.8 Å². The molecule has 1 amide bonds. The highest BCUT2D eigenvalue weighted by atomic mass is 35.5. The van der Waals surface area contributed by atoms with Crippen molar-refractivity contribution < 1.29 is 13.5 Å². The van der Waals surface area contributed by atoms with E-state index in [-0.39, 0.29) is 23.3 Å². The summed E-state index contributed by atoms with van der Waals surface area (Å²) in [6.07, 6.45) is 4.34. The summed E-state index contributed by atoms with van der Waals surface area (Å²) in [5.74, 6) is 0.632. The summed E-state index contributed by atoms with van der Waals surface area (Å²) in [5.41, 5.74) is 0.634. The van der Waals surface area contributed by atoms with Gasteiger partial charge in [0.15, 0.2) is 5.82 Å². The van der Waals surface area contributed by atoms with Crippen LogP contribution in [-0.2, 0) is 21.3 Å². The molecule has 25 heavy (non-hydrogen) atoms. The lowest BCUT2D eigenvalue weighted by Gasteiger charge is -2.19. The van der Waals surface area contributed by atoms with Crippen LogP contribution in [0, 0.1) is 0 Å². The van der Waals surface area contributed by atoms with E-state index in [9.17, 15) is 9.00 Å². The van der Waals surface area contributed by atoms with Gasteiger partial charge in [0.05, 0.1) is 16.3 Å². The molecule has 2 heterocycles. The molecule has 1 saturated heterocycles. The Morgan fingerprint density at radius 1 is 1.20 bits per heavy atom. The lowest BCUT2D eigenvalue weighted by Crippen LogP contribution is -2.35. The van der Waals surface area contributed by atoms with Gasteiger partial charge in [0.1, 0.15) is 5.75 Å². The molecule has 1 aromatic heterocycles. The van der Waals surface area contributed by atoms with E-state index >= 15 is 0 Å². The maximum absolute atomic E-state index is 12.3. The van der Waals surface area contributed by atoms with E-state index in [1.54, 1.807) is 12.1 Å². The summed E-state index contributed by atoms with van der Waals surface area (Å²) < 4.78 is 17.5. The molecule has 6 nitrogen and oxygen atoms in total. The molecule has 0 radical (unpaired) electrons. The van der Waals surface area contributed by atoms with Gasteiger partial charge in [0.25, 0.3) is 5.89 Å². The van der Waals surface area contributed by atoms with Crippen molar-refractivity contribution in [1.29, 1.82) is 0 Å². The number of amides is 1. The first-order valence-corrected chi connectivity index (χ1v) is 10.2. The van der Waals surface area contributed by atoms with E-state index in [4.69, 9.17) is 16.1 Å². The van der Waals surface area contributed by atoms with Gasteiger partial charge in [-0.25, -0.2) is 0 Å². The fourth-order valence-electron chi connectivity index (χ4n) is 2.80.